The van der Waals surface area contributed by atoms with Crippen LogP contribution in [0, 0.1) is 27.7 Å². The number of hydrazone groups is 1. The number of nitrogens with zero attached hydrogens (tertiary/aromatic N) is 3. The first kappa shape index (κ1) is 26.0. The zero-order chi connectivity index (χ0) is 25.8. The molecule has 0 aliphatic heterocycles. The van der Waals surface area contributed by atoms with E-state index in [1.165, 1.54) is 11.1 Å². The highest BCUT2D eigenvalue weighted by molar-refractivity contribution is 7.92. The molecule has 1 aromatic heterocycles. The van der Waals surface area contributed by atoms with Crippen molar-refractivity contribution in [3.05, 3.63) is 76.6 Å². The molecule has 0 saturated heterocycles. The number of aromatic nitrogens is 1. The average Bonchev–Trinajstić information content (AvgIpc) is 3.05. The third kappa shape index (κ3) is 6.10. The van der Waals surface area contributed by atoms with Crippen LogP contribution >= 0.6 is 0 Å². The van der Waals surface area contributed by atoms with Crippen molar-refractivity contribution in [1.82, 2.24) is 9.99 Å². The van der Waals surface area contributed by atoms with Gasteiger partial charge in [-0.15, -0.1) is 0 Å². The van der Waals surface area contributed by atoms with Crippen LogP contribution in [0.25, 0.3) is 5.69 Å². The van der Waals surface area contributed by atoms with Gasteiger partial charge in [0.05, 0.1) is 30.5 Å². The topological polar surface area (TPSA) is 93.0 Å². The van der Waals surface area contributed by atoms with Crippen molar-refractivity contribution in [2.24, 2.45) is 5.10 Å². The third-order valence-electron chi connectivity index (χ3n) is 5.65. The molecule has 9 heteroatoms. The zero-order valence-electron chi connectivity index (χ0n) is 21.0. The maximum atomic E-state index is 12.5. The predicted octanol–water partition coefficient (Wildman–Crippen LogP) is 4.03. The van der Waals surface area contributed by atoms with Crippen LogP contribution in [0.5, 0.6) is 5.75 Å². The standard InChI is InChI=1S/C26H32N4O4S/c1-7-34-24-13-11-23(12-14-24)29(35(6,32)33)17-25(31)28-27-16-22-15-20(4)30(21(22)5)26-18(2)9-8-10-19(26)3/h8-16H,7,17H2,1-6H3,(H,28,31)/b27-16-. The second kappa shape index (κ2) is 10.8. The minimum absolute atomic E-state index is 0.368. The summed E-state index contributed by atoms with van der Waals surface area (Å²) in [6, 6.07) is 14.7. The van der Waals surface area contributed by atoms with E-state index in [4.69, 9.17) is 4.74 Å². The number of sulfonamides is 1. The Morgan fingerprint density at radius 3 is 2.29 bits per heavy atom. The van der Waals surface area contributed by atoms with Gasteiger partial charge < -0.3 is 9.30 Å². The van der Waals surface area contributed by atoms with Gasteiger partial charge in [-0.05, 0) is 76.1 Å². The molecule has 0 aliphatic rings. The molecular weight excluding hydrogens is 464 g/mol. The number of carbonyl (C=O) groups excluding carboxylic acids is 1. The number of aryl methyl sites for hydroxylation is 3. The molecule has 0 saturated carbocycles. The first-order chi connectivity index (χ1) is 16.5. The minimum Gasteiger partial charge on any atom is -0.494 e. The Bertz CT molecular complexity index is 1320. The van der Waals surface area contributed by atoms with Crippen molar-refractivity contribution in [2.75, 3.05) is 23.7 Å². The molecule has 1 amide bonds. The molecular formula is C26H32N4O4S. The molecule has 3 aromatic rings. The summed E-state index contributed by atoms with van der Waals surface area (Å²) in [7, 11) is -3.69. The largest absolute Gasteiger partial charge is 0.494 e. The second-order valence-corrected chi connectivity index (χ2v) is 10.3. The smallest absolute Gasteiger partial charge is 0.260 e. The van der Waals surface area contributed by atoms with Crippen LogP contribution in [0.3, 0.4) is 0 Å². The lowest BCUT2D eigenvalue weighted by atomic mass is 10.1. The zero-order valence-corrected chi connectivity index (χ0v) is 21.8. The number of hydrogen-bond acceptors (Lipinski definition) is 5. The van der Waals surface area contributed by atoms with Crippen LogP contribution in [0.1, 0.15) is 35.0 Å². The quantitative estimate of drug-likeness (QED) is 0.358. The molecule has 186 valence electrons. The van der Waals surface area contributed by atoms with Gasteiger partial charge >= 0.3 is 0 Å². The van der Waals surface area contributed by atoms with E-state index in [0.29, 0.717) is 18.0 Å². The van der Waals surface area contributed by atoms with Crippen molar-refractivity contribution < 1.29 is 17.9 Å². The molecule has 1 N–H and O–H groups in total. The van der Waals surface area contributed by atoms with E-state index in [1.807, 2.05) is 32.9 Å². The highest BCUT2D eigenvalue weighted by atomic mass is 32.2. The number of benzene rings is 2. The van der Waals surface area contributed by atoms with Crippen molar-refractivity contribution in [3.8, 4) is 11.4 Å². The summed E-state index contributed by atoms with van der Waals surface area (Å²) in [6.07, 6.45) is 2.63. The Balaban J connectivity index is 1.75. The number of nitrogens with one attached hydrogen (secondary N) is 1. The van der Waals surface area contributed by atoms with Gasteiger partial charge in [-0.2, -0.15) is 5.10 Å². The van der Waals surface area contributed by atoms with Crippen molar-refractivity contribution >= 4 is 27.8 Å². The number of para-hydroxylation sites is 1. The lowest BCUT2D eigenvalue weighted by Gasteiger charge is -2.21. The van der Waals surface area contributed by atoms with Crippen molar-refractivity contribution in [1.29, 1.82) is 0 Å². The molecule has 0 atom stereocenters. The lowest BCUT2D eigenvalue weighted by molar-refractivity contribution is -0.119. The predicted molar refractivity (Wildman–Crippen MR) is 140 cm³/mol. The maximum absolute atomic E-state index is 12.5. The molecule has 0 fully saturated rings. The summed E-state index contributed by atoms with van der Waals surface area (Å²) in [6.45, 7) is 10.1. The molecule has 0 bridgehead atoms. The van der Waals surface area contributed by atoms with E-state index in [1.54, 1.807) is 30.5 Å². The Kier molecular flexibility index (Phi) is 8.01. The number of carbonyl (C=O) groups is 1. The minimum atomic E-state index is -3.69. The molecule has 35 heavy (non-hydrogen) atoms. The summed E-state index contributed by atoms with van der Waals surface area (Å²) < 4.78 is 33.2. The second-order valence-electron chi connectivity index (χ2n) is 8.39. The number of amides is 1. The summed E-state index contributed by atoms with van der Waals surface area (Å²) in [5, 5.41) is 4.08. The van der Waals surface area contributed by atoms with E-state index in [9.17, 15) is 13.2 Å². The van der Waals surface area contributed by atoms with Gasteiger partial charge in [0.2, 0.25) is 10.0 Å². The molecule has 2 aromatic carbocycles. The highest BCUT2D eigenvalue weighted by Crippen LogP contribution is 2.25. The summed E-state index contributed by atoms with van der Waals surface area (Å²) in [5.74, 6) is 0.0707. The SMILES string of the molecule is CCOc1ccc(N(CC(=O)N/N=C\c2cc(C)n(-c3c(C)cccc3C)c2C)S(C)(=O)=O)cc1. The monoisotopic (exact) mass is 496 g/mol. The summed E-state index contributed by atoms with van der Waals surface area (Å²) in [4.78, 5) is 12.5. The van der Waals surface area contributed by atoms with Crippen LogP contribution in [0.15, 0.2) is 53.6 Å². The summed E-state index contributed by atoms with van der Waals surface area (Å²) >= 11 is 0. The van der Waals surface area contributed by atoms with E-state index in [-0.39, 0.29) is 0 Å². The third-order valence-corrected chi connectivity index (χ3v) is 6.79. The molecule has 0 radical (unpaired) electrons. The Hall–Kier alpha value is -3.59. The van der Waals surface area contributed by atoms with Gasteiger partial charge in [0.1, 0.15) is 12.3 Å². The van der Waals surface area contributed by atoms with Gasteiger partial charge in [0.25, 0.3) is 5.91 Å². The lowest BCUT2D eigenvalue weighted by Crippen LogP contribution is -2.39. The van der Waals surface area contributed by atoms with E-state index < -0.39 is 22.5 Å². The summed E-state index contributed by atoms with van der Waals surface area (Å²) in [5.41, 5.74) is 9.17. The molecule has 0 spiro atoms. The Morgan fingerprint density at radius 2 is 1.71 bits per heavy atom. The number of hydrogen-bond donors (Lipinski definition) is 1. The normalized spacial score (nSPS) is 11.6. The number of anilines is 1. The molecule has 0 unspecified atom stereocenters. The van der Waals surface area contributed by atoms with Crippen LogP contribution in [0.2, 0.25) is 0 Å². The van der Waals surface area contributed by atoms with Crippen LogP contribution in [0.4, 0.5) is 5.69 Å². The van der Waals surface area contributed by atoms with E-state index >= 15 is 0 Å². The number of ether oxygens (including phenoxy) is 1. The van der Waals surface area contributed by atoms with Gasteiger partial charge in [-0.1, -0.05) is 18.2 Å². The number of rotatable bonds is 9. The van der Waals surface area contributed by atoms with E-state index in [2.05, 4.69) is 41.1 Å². The first-order valence-corrected chi connectivity index (χ1v) is 13.2. The average molecular weight is 497 g/mol. The van der Waals surface area contributed by atoms with Crippen molar-refractivity contribution in [2.45, 2.75) is 34.6 Å². The van der Waals surface area contributed by atoms with Gasteiger partial charge in [-0.3, -0.25) is 9.10 Å². The molecule has 8 nitrogen and oxygen atoms in total. The van der Waals surface area contributed by atoms with Crippen LogP contribution < -0.4 is 14.5 Å². The fraction of sp³-hybridized carbons (Fsp3) is 0.308. The van der Waals surface area contributed by atoms with Gasteiger partial charge in [0.15, 0.2) is 0 Å². The molecule has 0 aliphatic carbocycles. The van der Waals surface area contributed by atoms with Gasteiger partial charge in [0, 0.05) is 17.0 Å². The Morgan fingerprint density at radius 1 is 1.09 bits per heavy atom. The van der Waals surface area contributed by atoms with Crippen molar-refractivity contribution in [3.63, 3.8) is 0 Å². The van der Waals surface area contributed by atoms with Crippen LogP contribution in [-0.2, 0) is 14.8 Å². The van der Waals surface area contributed by atoms with E-state index in [0.717, 1.165) is 33.2 Å². The fourth-order valence-corrected chi connectivity index (χ4v) is 4.89. The first-order valence-electron chi connectivity index (χ1n) is 11.3. The maximum Gasteiger partial charge on any atom is 0.260 e. The fourth-order valence-electron chi connectivity index (χ4n) is 4.04. The van der Waals surface area contributed by atoms with Crippen LogP contribution in [-0.4, -0.2) is 44.5 Å². The Labute approximate surface area is 207 Å². The molecule has 1 heterocycles. The molecule has 3 rings (SSSR count). The highest BCUT2D eigenvalue weighted by Gasteiger charge is 2.21. The van der Waals surface area contributed by atoms with Gasteiger partial charge in [-0.25, -0.2) is 13.8 Å².